The normalized spacial score (nSPS) is 11.4. The molecule has 0 aliphatic carbocycles. The molecular formula is C26H34MoN2+2. The molecule has 0 amide bonds. The molecule has 0 heterocycles. The second-order valence-corrected chi connectivity index (χ2v) is 10.2. The van der Waals surface area contributed by atoms with Crippen molar-refractivity contribution in [1.29, 1.82) is 0 Å². The molecule has 0 radical (unpaired) electrons. The third-order valence-corrected chi connectivity index (χ3v) is 6.81. The Hall–Kier alpha value is -1.79. The number of rotatable bonds is 10. The summed E-state index contributed by atoms with van der Waals surface area (Å²) in [6.07, 6.45) is 8.25. The fourth-order valence-corrected chi connectivity index (χ4v) is 4.26. The van der Waals surface area contributed by atoms with Gasteiger partial charge in [0, 0.05) is 0 Å². The Labute approximate surface area is 185 Å². The van der Waals surface area contributed by atoms with E-state index in [4.69, 9.17) is 6.99 Å². The van der Waals surface area contributed by atoms with E-state index < -0.39 is 18.2 Å². The van der Waals surface area contributed by atoms with Crippen LogP contribution in [0.5, 0.6) is 0 Å². The molecule has 29 heavy (non-hydrogen) atoms. The number of aryl methyl sites for hydroxylation is 2. The minimum atomic E-state index is -0.843. The third kappa shape index (κ3) is 7.86. The van der Waals surface area contributed by atoms with E-state index in [2.05, 4.69) is 89.4 Å². The predicted molar refractivity (Wildman–Crippen MR) is 122 cm³/mol. The van der Waals surface area contributed by atoms with Crippen LogP contribution in [-0.2, 0) is 31.0 Å². The maximum atomic E-state index is 4.92. The van der Waals surface area contributed by atoms with Gasteiger partial charge in [-0.25, -0.2) is 0 Å². The van der Waals surface area contributed by atoms with E-state index in [1.807, 2.05) is 12.2 Å². The summed E-state index contributed by atoms with van der Waals surface area (Å²) in [5.41, 5.74) is 5.11. The average Bonchev–Trinajstić information content (AvgIpc) is 2.72. The Morgan fingerprint density at radius 3 is 1.48 bits per heavy atom. The van der Waals surface area contributed by atoms with Crippen molar-refractivity contribution in [3.63, 3.8) is 0 Å². The van der Waals surface area contributed by atoms with Crippen LogP contribution in [0.25, 0.3) is 0 Å². The second kappa shape index (κ2) is 10.8. The fourth-order valence-electron chi connectivity index (χ4n) is 2.85. The summed E-state index contributed by atoms with van der Waals surface area (Å²) in [4.78, 5) is 0. The van der Waals surface area contributed by atoms with Crippen molar-refractivity contribution < 1.29 is 18.2 Å². The summed E-state index contributed by atoms with van der Waals surface area (Å²) in [7, 11) is 0. The van der Waals surface area contributed by atoms with Crippen molar-refractivity contribution in [3.8, 4) is 0 Å². The monoisotopic (exact) mass is 472 g/mol. The van der Waals surface area contributed by atoms with Crippen LogP contribution < -0.4 is 0 Å². The SMILES string of the molecule is C=CC(C)(C)CCc1ccccc1[N]=[Mo+2]=[N]c1ccccc1CCC(C)(C)C=C. The van der Waals surface area contributed by atoms with E-state index in [-0.39, 0.29) is 10.8 Å². The molecule has 3 heteroatoms. The third-order valence-electron chi connectivity index (χ3n) is 5.44. The van der Waals surface area contributed by atoms with Crippen LogP contribution >= 0.6 is 0 Å². The van der Waals surface area contributed by atoms with Gasteiger partial charge in [-0.15, -0.1) is 0 Å². The molecule has 0 saturated carbocycles. The van der Waals surface area contributed by atoms with Crippen LogP contribution in [0.3, 0.4) is 0 Å². The number of hydrogen-bond acceptors (Lipinski definition) is 2. The van der Waals surface area contributed by atoms with Gasteiger partial charge in [0.1, 0.15) is 0 Å². The van der Waals surface area contributed by atoms with Gasteiger partial charge in [0.15, 0.2) is 0 Å². The van der Waals surface area contributed by atoms with Crippen molar-refractivity contribution >= 4 is 11.4 Å². The van der Waals surface area contributed by atoms with Gasteiger partial charge in [0.25, 0.3) is 0 Å². The molecule has 0 fully saturated rings. The molecule has 0 unspecified atom stereocenters. The Morgan fingerprint density at radius 2 is 1.10 bits per heavy atom. The first-order chi connectivity index (χ1) is 13.8. The average molecular weight is 471 g/mol. The van der Waals surface area contributed by atoms with Gasteiger partial charge in [0.2, 0.25) is 0 Å². The van der Waals surface area contributed by atoms with Gasteiger partial charge in [0.05, 0.1) is 0 Å². The quantitative estimate of drug-likeness (QED) is 0.246. The van der Waals surface area contributed by atoms with Crippen LogP contribution in [0.4, 0.5) is 11.4 Å². The van der Waals surface area contributed by atoms with Crippen molar-refractivity contribution in [1.82, 2.24) is 0 Å². The zero-order valence-corrected chi connectivity index (χ0v) is 20.3. The van der Waals surface area contributed by atoms with Crippen LogP contribution in [0.2, 0.25) is 0 Å². The van der Waals surface area contributed by atoms with Gasteiger partial charge < -0.3 is 0 Å². The van der Waals surface area contributed by atoms with E-state index in [0.717, 1.165) is 37.1 Å². The zero-order valence-electron chi connectivity index (χ0n) is 18.3. The minimum absolute atomic E-state index is 0.145. The van der Waals surface area contributed by atoms with Crippen molar-refractivity contribution in [2.24, 2.45) is 17.8 Å². The fraction of sp³-hybridized carbons (Fsp3) is 0.385. The molecule has 2 rings (SSSR count). The van der Waals surface area contributed by atoms with Crippen LogP contribution in [0.1, 0.15) is 51.7 Å². The van der Waals surface area contributed by atoms with Crippen LogP contribution in [0.15, 0.2) is 80.8 Å². The van der Waals surface area contributed by atoms with E-state index in [1.165, 1.54) is 11.1 Å². The molecule has 0 N–H and O–H groups in total. The number of hydrogen-bond donors (Lipinski definition) is 0. The molecule has 2 aromatic carbocycles. The second-order valence-electron chi connectivity index (χ2n) is 8.91. The maximum absolute atomic E-state index is 4.92. The molecule has 0 aliphatic heterocycles. The van der Waals surface area contributed by atoms with E-state index >= 15 is 0 Å². The van der Waals surface area contributed by atoms with E-state index in [1.54, 1.807) is 0 Å². The first-order valence-corrected chi connectivity index (χ1v) is 12.1. The van der Waals surface area contributed by atoms with Crippen molar-refractivity contribution in [2.45, 2.75) is 53.4 Å². The Balaban J connectivity index is 2.19. The van der Waals surface area contributed by atoms with Crippen LogP contribution in [0, 0.1) is 10.8 Å². The summed E-state index contributed by atoms with van der Waals surface area (Å²) in [5.74, 6) is 0. The van der Waals surface area contributed by atoms with Crippen molar-refractivity contribution in [3.05, 3.63) is 85.0 Å². The molecule has 0 bridgehead atoms. The first-order valence-electron chi connectivity index (χ1n) is 10.3. The molecule has 152 valence electrons. The predicted octanol–water partition coefficient (Wildman–Crippen LogP) is 8.39. The van der Waals surface area contributed by atoms with Gasteiger partial charge in [-0.3, -0.25) is 0 Å². The molecule has 0 aliphatic rings. The van der Waals surface area contributed by atoms with E-state index in [0.29, 0.717) is 0 Å². The molecular weight excluding hydrogens is 436 g/mol. The van der Waals surface area contributed by atoms with Crippen molar-refractivity contribution in [2.75, 3.05) is 0 Å². The number of nitrogens with zero attached hydrogens (tertiary/aromatic N) is 2. The summed E-state index contributed by atoms with van der Waals surface area (Å²) in [6, 6.07) is 17.0. The molecule has 0 spiro atoms. The Bertz CT molecular complexity index is 831. The first kappa shape index (κ1) is 23.5. The molecule has 0 atom stereocenters. The number of benzene rings is 2. The van der Waals surface area contributed by atoms with Gasteiger partial charge >= 0.3 is 186 Å². The Kier molecular flexibility index (Phi) is 8.77. The molecule has 2 nitrogen and oxygen atoms in total. The standard InChI is InChI=1S/2C13H17N.Mo/c2*1-4-13(2,3)10-9-11-7-5-6-8-12(11)14;/h2*4-8H,1,9-10H2,2-3H3;/q;;+2. The summed E-state index contributed by atoms with van der Waals surface area (Å²) >= 11 is -0.843. The topological polar surface area (TPSA) is 24.7 Å². The molecule has 0 aromatic heterocycles. The Morgan fingerprint density at radius 1 is 0.724 bits per heavy atom. The van der Waals surface area contributed by atoms with E-state index in [9.17, 15) is 0 Å². The summed E-state index contributed by atoms with van der Waals surface area (Å²) < 4.78 is 9.83. The molecule has 0 saturated heterocycles. The summed E-state index contributed by atoms with van der Waals surface area (Å²) in [6.45, 7) is 16.8. The summed E-state index contributed by atoms with van der Waals surface area (Å²) in [5, 5.41) is 0. The van der Waals surface area contributed by atoms with Gasteiger partial charge in [-0.05, 0) is 0 Å². The number of allylic oxidation sites excluding steroid dienone is 2. The zero-order chi connectivity index (χ0) is 21.3. The molecule has 2 aromatic rings. The van der Waals surface area contributed by atoms with Gasteiger partial charge in [-0.2, -0.15) is 0 Å². The van der Waals surface area contributed by atoms with Crippen LogP contribution in [-0.4, -0.2) is 0 Å². The van der Waals surface area contributed by atoms with Gasteiger partial charge in [-0.1, -0.05) is 0 Å².